The quantitative estimate of drug-likeness (QED) is 0.434. The second-order valence-electron chi connectivity index (χ2n) is 6.34. The van der Waals surface area contributed by atoms with Crippen molar-refractivity contribution in [2.75, 3.05) is 40.3 Å². The van der Waals surface area contributed by atoms with Gasteiger partial charge >= 0.3 is 5.97 Å². The third kappa shape index (κ3) is 5.38. The Bertz CT molecular complexity index is 1020. The fourth-order valence-corrected chi connectivity index (χ4v) is 4.05. The number of rotatable bonds is 9. The summed E-state index contributed by atoms with van der Waals surface area (Å²) >= 11 is 1.00. The van der Waals surface area contributed by atoms with Crippen molar-refractivity contribution in [1.29, 1.82) is 0 Å². The molecule has 0 saturated carbocycles. The number of benzene rings is 1. The summed E-state index contributed by atoms with van der Waals surface area (Å²) in [5.41, 5.74) is 1.23. The summed E-state index contributed by atoms with van der Waals surface area (Å²) in [7, 11) is 5.99. The van der Waals surface area contributed by atoms with Gasteiger partial charge in [0.2, 0.25) is 11.7 Å². The molecule has 9 nitrogen and oxygen atoms in total. The minimum atomic E-state index is -0.611. The summed E-state index contributed by atoms with van der Waals surface area (Å²) in [6, 6.07) is 3.38. The van der Waals surface area contributed by atoms with E-state index in [1.807, 2.05) is 0 Å². The van der Waals surface area contributed by atoms with E-state index in [4.69, 9.17) is 18.9 Å². The van der Waals surface area contributed by atoms with Crippen LogP contribution in [0.5, 0.6) is 17.2 Å². The maximum Gasteiger partial charge on any atom is 0.341 e. The van der Waals surface area contributed by atoms with Gasteiger partial charge in [0.1, 0.15) is 5.00 Å². The van der Waals surface area contributed by atoms with E-state index in [1.54, 1.807) is 32.1 Å². The first-order valence-corrected chi connectivity index (χ1v) is 10.4. The number of nitrogens with one attached hydrogen (secondary N) is 2. The first kappa shape index (κ1) is 24.7. The van der Waals surface area contributed by atoms with Crippen LogP contribution in [0.2, 0.25) is 0 Å². The number of hydrogen-bond donors (Lipinski definition) is 2. The van der Waals surface area contributed by atoms with Crippen LogP contribution in [0, 0.1) is 6.92 Å². The molecule has 1 heterocycles. The number of carbonyl (C=O) groups excluding carboxylic acids is 3. The minimum absolute atomic E-state index is 0.157. The zero-order valence-corrected chi connectivity index (χ0v) is 19.6. The third-order valence-corrected chi connectivity index (χ3v) is 5.62. The number of anilines is 1. The van der Waals surface area contributed by atoms with Gasteiger partial charge in [-0.1, -0.05) is 0 Å². The maximum absolute atomic E-state index is 12.6. The number of esters is 1. The summed E-state index contributed by atoms with van der Waals surface area (Å²) in [5.74, 6) is -0.131. The molecule has 0 atom stereocenters. The van der Waals surface area contributed by atoms with E-state index < -0.39 is 11.9 Å². The smallest absolute Gasteiger partial charge is 0.341 e. The molecule has 0 radical (unpaired) electrons. The molecule has 0 unspecified atom stereocenters. The number of amides is 2. The molecule has 10 heteroatoms. The molecule has 0 spiro atoms. The molecule has 2 amide bonds. The molecule has 1 aromatic heterocycles. The highest BCUT2D eigenvalue weighted by atomic mass is 32.1. The van der Waals surface area contributed by atoms with Crippen LogP contribution < -0.4 is 24.8 Å². The van der Waals surface area contributed by atoms with Gasteiger partial charge in [-0.05, 0) is 43.2 Å². The fraction of sp³-hybridized carbons (Fsp3) is 0.318. The molecule has 1 aromatic carbocycles. The van der Waals surface area contributed by atoms with Crippen molar-refractivity contribution in [3.05, 3.63) is 39.8 Å². The zero-order valence-electron chi connectivity index (χ0n) is 18.8. The van der Waals surface area contributed by atoms with Crippen molar-refractivity contribution in [1.82, 2.24) is 5.32 Å². The first-order valence-electron chi connectivity index (χ1n) is 9.62. The van der Waals surface area contributed by atoms with Crippen LogP contribution in [0.15, 0.2) is 18.2 Å². The molecule has 172 valence electrons. The van der Waals surface area contributed by atoms with E-state index in [1.165, 1.54) is 34.5 Å². The molecule has 0 aliphatic heterocycles. The largest absolute Gasteiger partial charge is 0.493 e. The molecule has 0 aliphatic rings. The van der Waals surface area contributed by atoms with Gasteiger partial charge in [-0.15, -0.1) is 11.3 Å². The Morgan fingerprint density at radius 2 is 1.69 bits per heavy atom. The lowest BCUT2D eigenvalue weighted by Gasteiger charge is -2.12. The fourth-order valence-electron chi connectivity index (χ4n) is 2.90. The minimum Gasteiger partial charge on any atom is -0.493 e. The monoisotopic (exact) mass is 462 g/mol. The highest BCUT2D eigenvalue weighted by Crippen LogP contribution is 2.38. The normalized spacial score (nSPS) is 10.6. The van der Waals surface area contributed by atoms with Crippen molar-refractivity contribution >= 4 is 40.2 Å². The van der Waals surface area contributed by atoms with Crippen LogP contribution in [0.3, 0.4) is 0 Å². The van der Waals surface area contributed by atoms with Crippen LogP contribution in [0.4, 0.5) is 5.00 Å². The number of methoxy groups -OCH3 is 3. The van der Waals surface area contributed by atoms with Crippen LogP contribution in [0.1, 0.15) is 38.1 Å². The molecule has 2 rings (SSSR count). The number of hydrogen-bond acceptors (Lipinski definition) is 8. The average molecular weight is 463 g/mol. The van der Waals surface area contributed by atoms with Gasteiger partial charge in [0.05, 0.1) is 38.4 Å². The van der Waals surface area contributed by atoms with Crippen LogP contribution in [0.25, 0.3) is 6.08 Å². The summed E-state index contributed by atoms with van der Waals surface area (Å²) in [6.45, 7) is 3.48. The average Bonchev–Trinajstić information content (AvgIpc) is 3.11. The summed E-state index contributed by atoms with van der Waals surface area (Å²) in [6.07, 6.45) is 2.86. The molecule has 32 heavy (non-hydrogen) atoms. The van der Waals surface area contributed by atoms with Crippen molar-refractivity contribution in [3.63, 3.8) is 0 Å². The van der Waals surface area contributed by atoms with Gasteiger partial charge in [-0.25, -0.2) is 4.79 Å². The Balaban J connectivity index is 2.34. The Morgan fingerprint density at radius 1 is 1.06 bits per heavy atom. The Morgan fingerprint density at radius 3 is 2.19 bits per heavy atom. The topological polar surface area (TPSA) is 112 Å². The van der Waals surface area contributed by atoms with E-state index in [0.29, 0.717) is 33.3 Å². The zero-order chi connectivity index (χ0) is 23.8. The second-order valence-corrected chi connectivity index (χ2v) is 7.36. The van der Waals surface area contributed by atoms with Crippen LogP contribution >= 0.6 is 11.3 Å². The molecular formula is C22H26N2O7S. The molecule has 2 aromatic rings. The lowest BCUT2D eigenvalue weighted by Crippen LogP contribution is -2.17. The van der Waals surface area contributed by atoms with E-state index >= 15 is 0 Å². The van der Waals surface area contributed by atoms with Gasteiger partial charge in [-0.3, -0.25) is 9.59 Å². The van der Waals surface area contributed by atoms with Crippen LogP contribution in [-0.4, -0.2) is 52.8 Å². The Labute approximate surface area is 190 Å². The second kappa shape index (κ2) is 11.2. The molecular weight excluding hydrogens is 436 g/mol. The van der Waals surface area contributed by atoms with Gasteiger partial charge in [0.15, 0.2) is 11.5 Å². The number of carbonyl (C=O) groups is 3. The highest BCUT2D eigenvalue weighted by Gasteiger charge is 2.26. The molecule has 0 aliphatic carbocycles. The van der Waals surface area contributed by atoms with Crippen molar-refractivity contribution < 1.29 is 33.3 Å². The summed E-state index contributed by atoms with van der Waals surface area (Å²) in [4.78, 5) is 37.5. The molecule has 2 N–H and O–H groups in total. The van der Waals surface area contributed by atoms with Crippen molar-refractivity contribution in [2.24, 2.45) is 0 Å². The number of thiophene rings is 1. The van der Waals surface area contributed by atoms with Gasteiger partial charge in [0.25, 0.3) is 5.91 Å². The van der Waals surface area contributed by atoms with E-state index in [9.17, 15) is 14.4 Å². The molecule has 0 fully saturated rings. The van der Waals surface area contributed by atoms with Gasteiger partial charge < -0.3 is 29.6 Å². The van der Waals surface area contributed by atoms with E-state index in [2.05, 4.69) is 10.6 Å². The molecule has 0 bridgehead atoms. The van der Waals surface area contributed by atoms with Crippen molar-refractivity contribution in [2.45, 2.75) is 13.8 Å². The standard InChI is InChI=1S/C22H26N2O7S/c1-7-31-22(27)17-12(2)19(20(26)23-3)32-21(17)24-16(25)9-8-13-10-14(28-4)18(30-6)15(11-13)29-5/h8-11H,7H2,1-6H3,(H,23,26)(H,24,25)/b9-8+. The predicted molar refractivity (Wildman–Crippen MR) is 122 cm³/mol. The molecule has 0 saturated heterocycles. The predicted octanol–water partition coefficient (Wildman–Crippen LogP) is 3.27. The Hall–Kier alpha value is -3.53. The summed E-state index contributed by atoms with van der Waals surface area (Å²) in [5, 5.41) is 5.42. The van der Waals surface area contributed by atoms with Gasteiger partial charge in [-0.2, -0.15) is 0 Å². The first-order chi connectivity index (χ1) is 15.3. The summed E-state index contributed by atoms with van der Waals surface area (Å²) < 4.78 is 21.0. The highest BCUT2D eigenvalue weighted by molar-refractivity contribution is 7.18. The SMILES string of the molecule is CCOC(=O)c1c(NC(=O)/C=C/c2cc(OC)c(OC)c(OC)c2)sc(C(=O)NC)c1C. The van der Waals surface area contributed by atoms with Gasteiger partial charge in [0, 0.05) is 13.1 Å². The lowest BCUT2D eigenvalue weighted by molar-refractivity contribution is -0.111. The maximum atomic E-state index is 12.6. The van der Waals surface area contributed by atoms with E-state index in [0.717, 1.165) is 11.3 Å². The van der Waals surface area contributed by atoms with E-state index in [-0.39, 0.29) is 23.1 Å². The lowest BCUT2D eigenvalue weighted by atomic mass is 10.1. The van der Waals surface area contributed by atoms with Crippen molar-refractivity contribution in [3.8, 4) is 17.2 Å². The Kier molecular flexibility index (Phi) is 8.65. The van der Waals surface area contributed by atoms with Crippen LogP contribution in [-0.2, 0) is 9.53 Å². The number of ether oxygens (including phenoxy) is 4. The third-order valence-electron chi connectivity index (χ3n) is 4.41.